The van der Waals surface area contributed by atoms with Crippen LogP contribution < -0.4 is 9.47 Å². The number of benzene rings is 2. The Morgan fingerprint density at radius 1 is 1.26 bits per heavy atom. The molecule has 0 saturated carbocycles. The van der Waals surface area contributed by atoms with Crippen LogP contribution in [0.5, 0.6) is 11.5 Å². The minimum atomic E-state index is -3.81. The Hall–Kier alpha value is -2.66. The van der Waals surface area contributed by atoms with Crippen molar-refractivity contribution in [2.75, 3.05) is 13.0 Å². The first-order valence-corrected chi connectivity index (χ1v) is 10.1. The third kappa shape index (κ3) is 4.03. The number of nitro benzene ring substituents is 1. The van der Waals surface area contributed by atoms with Gasteiger partial charge in [0.1, 0.15) is 11.5 Å². The molecule has 27 heavy (non-hydrogen) atoms. The third-order valence-corrected chi connectivity index (χ3v) is 5.57. The first kappa shape index (κ1) is 19.1. The number of hydrogen-bond acceptors (Lipinski definition) is 8. The van der Waals surface area contributed by atoms with Crippen LogP contribution in [0.1, 0.15) is 15.9 Å². The molecule has 1 heterocycles. The number of ether oxygens (including phenoxy) is 3. The number of nitrogens with zero attached hydrogens (tertiary/aromatic N) is 1. The van der Waals surface area contributed by atoms with Gasteiger partial charge in [0.05, 0.1) is 10.5 Å². The van der Waals surface area contributed by atoms with Crippen LogP contribution in [0, 0.1) is 10.1 Å². The summed E-state index contributed by atoms with van der Waals surface area (Å²) < 4.78 is 39.6. The molecule has 0 saturated heterocycles. The minimum absolute atomic E-state index is 0.0986. The summed E-state index contributed by atoms with van der Waals surface area (Å²) in [4.78, 5) is 22.0. The van der Waals surface area contributed by atoms with Crippen LogP contribution in [0.15, 0.2) is 39.7 Å². The molecule has 3 rings (SSSR count). The molecule has 1 aliphatic heterocycles. The van der Waals surface area contributed by atoms with Crippen LogP contribution in [0.2, 0.25) is 0 Å². The van der Waals surface area contributed by atoms with Gasteiger partial charge in [0.15, 0.2) is 21.3 Å². The van der Waals surface area contributed by atoms with Crippen molar-refractivity contribution in [1.82, 2.24) is 0 Å². The fourth-order valence-electron chi connectivity index (χ4n) is 2.40. The van der Waals surface area contributed by atoms with Crippen LogP contribution in [0.3, 0.4) is 0 Å². The van der Waals surface area contributed by atoms with Crippen molar-refractivity contribution < 1.29 is 32.3 Å². The number of sulfone groups is 1. The van der Waals surface area contributed by atoms with Crippen molar-refractivity contribution in [1.29, 1.82) is 0 Å². The van der Waals surface area contributed by atoms with E-state index in [1.807, 2.05) is 0 Å². The predicted octanol–water partition coefficient (Wildman–Crippen LogP) is 2.85. The second kappa shape index (κ2) is 7.16. The number of hydrogen-bond donors (Lipinski definition) is 0. The van der Waals surface area contributed by atoms with Gasteiger partial charge in [-0.15, -0.1) is 0 Å². The van der Waals surface area contributed by atoms with Crippen molar-refractivity contribution in [2.45, 2.75) is 11.5 Å². The van der Waals surface area contributed by atoms with Crippen molar-refractivity contribution in [3.8, 4) is 11.5 Å². The molecule has 0 N–H and O–H groups in total. The molecule has 9 nitrogen and oxygen atoms in total. The number of rotatable bonds is 5. The van der Waals surface area contributed by atoms with E-state index in [2.05, 4.69) is 15.9 Å². The van der Waals surface area contributed by atoms with Gasteiger partial charge in [0, 0.05) is 22.4 Å². The second-order valence-electron chi connectivity index (χ2n) is 5.58. The monoisotopic (exact) mass is 457 g/mol. The predicted molar refractivity (Wildman–Crippen MR) is 95.6 cm³/mol. The van der Waals surface area contributed by atoms with Gasteiger partial charge in [0.25, 0.3) is 5.69 Å². The lowest BCUT2D eigenvalue weighted by molar-refractivity contribution is -0.387. The van der Waals surface area contributed by atoms with E-state index in [0.717, 1.165) is 18.4 Å². The summed E-state index contributed by atoms with van der Waals surface area (Å²) in [5.41, 5.74) is -0.211. The summed E-state index contributed by atoms with van der Waals surface area (Å²) in [5.74, 6) is 0.240. The lowest BCUT2D eigenvalue weighted by Crippen LogP contribution is -2.09. The molecule has 2 aromatic carbocycles. The Balaban J connectivity index is 1.81. The van der Waals surface area contributed by atoms with Crippen molar-refractivity contribution >= 4 is 37.4 Å². The summed E-state index contributed by atoms with van der Waals surface area (Å²) in [6.07, 6.45) is 0.852. The topological polar surface area (TPSA) is 122 Å². The highest BCUT2D eigenvalue weighted by molar-refractivity contribution is 9.10. The number of carbonyl (C=O) groups is 1. The Kier molecular flexibility index (Phi) is 5.07. The molecule has 0 fully saturated rings. The van der Waals surface area contributed by atoms with Gasteiger partial charge >= 0.3 is 5.97 Å². The fourth-order valence-corrected chi connectivity index (χ4v) is 3.66. The lowest BCUT2D eigenvalue weighted by Gasteiger charge is -2.09. The highest BCUT2D eigenvalue weighted by Crippen LogP contribution is 2.37. The van der Waals surface area contributed by atoms with Gasteiger partial charge in [0.2, 0.25) is 6.79 Å². The molecule has 142 valence electrons. The van der Waals surface area contributed by atoms with Gasteiger partial charge in [-0.1, -0.05) is 15.9 Å². The number of halogens is 1. The molecule has 0 spiro atoms. The van der Waals surface area contributed by atoms with Gasteiger partial charge in [-0.05, 0) is 24.3 Å². The summed E-state index contributed by atoms with van der Waals surface area (Å²) in [5, 5.41) is 11.1. The molecular weight excluding hydrogens is 446 g/mol. The summed E-state index contributed by atoms with van der Waals surface area (Å²) in [7, 11) is -3.81. The van der Waals surface area contributed by atoms with Crippen molar-refractivity contribution in [3.63, 3.8) is 0 Å². The normalized spacial score (nSPS) is 12.7. The van der Waals surface area contributed by atoms with E-state index in [-0.39, 0.29) is 19.0 Å². The van der Waals surface area contributed by atoms with E-state index in [0.29, 0.717) is 21.5 Å². The van der Waals surface area contributed by atoms with E-state index in [1.54, 1.807) is 12.1 Å². The SMILES string of the molecule is CS(=O)(=O)c1ccc(C(=O)OCc2cc3c(cc2Br)OCO3)cc1[N+](=O)[O-]. The van der Waals surface area contributed by atoms with Gasteiger partial charge in [-0.25, -0.2) is 13.2 Å². The number of carbonyl (C=O) groups excluding carboxylic acids is 1. The highest BCUT2D eigenvalue weighted by Gasteiger charge is 2.25. The Morgan fingerprint density at radius 3 is 2.56 bits per heavy atom. The second-order valence-corrected chi connectivity index (χ2v) is 8.42. The molecule has 2 aromatic rings. The van der Waals surface area contributed by atoms with Crippen LogP contribution in [-0.2, 0) is 21.2 Å². The maximum absolute atomic E-state index is 12.2. The standard InChI is InChI=1S/C16H12BrNO8S/c1-27(22,23)15-3-2-9(4-12(15)18(20)21)16(19)24-7-10-5-13-14(6-11(10)17)26-8-25-13/h2-6H,7-8H2,1H3. The summed E-state index contributed by atoms with van der Waals surface area (Å²) in [6.45, 7) is -0.0287. The minimum Gasteiger partial charge on any atom is -0.457 e. The Morgan fingerprint density at radius 2 is 1.93 bits per heavy atom. The maximum Gasteiger partial charge on any atom is 0.338 e. The molecule has 0 aliphatic carbocycles. The van der Waals surface area contributed by atoms with Crippen LogP contribution in [0.25, 0.3) is 0 Å². The maximum atomic E-state index is 12.2. The zero-order chi connectivity index (χ0) is 19.8. The zero-order valence-corrected chi connectivity index (χ0v) is 16.2. The average molecular weight is 458 g/mol. The van der Waals surface area contributed by atoms with E-state index >= 15 is 0 Å². The highest BCUT2D eigenvalue weighted by atomic mass is 79.9. The lowest BCUT2D eigenvalue weighted by atomic mass is 10.2. The number of fused-ring (bicyclic) bond motifs is 1. The number of nitro groups is 1. The smallest absolute Gasteiger partial charge is 0.338 e. The molecule has 0 atom stereocenters. The first-order valence-electron chi connectivity index (χ1n) is 7.40. The molecule has 0 amide bonds. The Labute approximate surface area is 162 Å². The van der Waals surface area contributed by atoms with Gasteiger partial charge in [-0.3, -0.25) is 10.1 Å². The third-order valence-electron chi connectivity index (χ3n) is 3.69. The first-order chi connectivity index (χ1) is 12.7. The van der Waals surface area contributed by atoms with E-state index in [9.17, 15) is 23.3 Å². The van der Waals surface area contributed by atoms with Crippen molar-refractivity contribution in [3.05, 3.63) is 56.0 Å². The van der Waals surface area contributed by atoms with Crippen LogP contribution >= 0.6 is 15.9 Å². The van der Waals surface area contributed by atoms with Crippen LogP contribution in [0.4, 0.5) is 5.69 Å². The Bertz CT molecular complexity index is 1050. The molecule has 0 aromatic heterocycles. The molecular formula is C16H12BrNO8S. The van der Waals surface area contributed by atoms with Crippen molar-refractivity contribution in [2.24, 2.45) is 0 Å². The zero-order valence-electron chi connectivity index (χ0n) is 13.8. The molecule has 1 aliphatic rings. The van der Waals surface area contributed by atoms with Gasteiger partial charge in [-0.2, -0.15) is 0 Å². The average Bonchev–Trinajstić information content (AvgIpc) is 3.05. The van der Waals surface area contributed by atoms with Gasteiger partial charge < -0.3 is 14.2 Å². The molecule has 0 bridgehead atoms. The largest absolute Gasteiger partial charge is 0.457 e. The number of esters is 1. The van der Waals surface area contributed by atoms with E-state index < -0.39 is 31.3 Å². The molecule has 0 radical (unpaired) electrons. The fraction of sp³-hybridized carbons (Fsp3) is 0.188. The van der Waals surface area contributed by atoms with Crippen LogP contribution in [-0.4, -0.2) is 32.4 Å². The summed E-state index contributed by atoms with van der Waals surface area (Å²) in [6, 6.07) is 6.39. The van der Waals surface area contributed by atoms with E-state index in [1.165, 1.54) is 6.07 Å². The molecule has 0 unspecified atom stereocenters. The quantitative estimate of drug-likeness (QED) is 0.381. The summed E-state index contributed by atoms with van der Waals surface area (Å²) >= 11 is 3.34. The van der Waals surface area contributed by atoms with E-state index in [4.69, 9.17) is 14.2 Å². The molecule has 11 heteroatoms.